The minimum absolute atomic E-state index is 0.0167. The Morgan fingerprint density at radius 3 is 2.78 bits per heavy atom. The van der Waals surface area contributed by atoms with E-state index in [4.69, 9.17) is 4.52 Å². The van der Waals surface area contributed by atoms with Gasteiger partial charge in [-0.1, -0.05) is 19.0 Å². The number of aromatic nitrogens is 3. The molecule has 0 saturated heterocycles. The summed E-state index contributed by atoms with van der Waals surface area (Å²) in [6.45, 7) is 4.58. The van der Waals surface area contributed by atoms with Gasteiger partial charge in [0.1, 0.15) is 0 Å². The standard InChI is InChI=1S/C16H22N4O2S/c1-10(2)14-18-13(19-22-14)8-9-20(3)16(21)15-17-11-6-4-5-7-12(11)23-15/h10H,4-9H2,1-3H3. The maximum Gasteiger partial charge on any atom is 0.282 e. The summed E-state index contributed by atoms with van der Waals surface area (Å²) >= 11 is 1.55. The van der Waals surface area contributed by atoms with E-state index < -0.39 is 0 Å². The zero-order chi connectivity index (χ0) is 16.4. The summed E-state index contributed by atoms with van der Waals surface area (Å²) in [5.41, 5.74) is 1.12. The first-order valence-electron chi connectivity index (χ1n) is 8.11. The summed E-state index contributed by atoms with van der Waals surface area (Å²) in [4.78, 5) is 24.4. The van der Waals surface area contributed by atoms with E-state index in [-0.39, 0.29) is 11.8 Å². The molecule has 0 spiro atoms. The molecule has 1 amide bonds. The highest BCUT2D eigenvalue weighted by molar-refractivity contribution is 7.13. The first-order valence-corrected chi connectivity index (χ1v) is 8.92. The number of hydrogen-bond acceptors (Lipinski definition) is 6. The van der Waals surface area contributed by atoms with E-state index in [0.29, 0.717) is 29.7 Å². The van der Waals surface area contributed by atoms with Gasteiger partial charge in [-0.15, -0.1) is 11.3 Å². The molecule has 0 atom stereocenters. The van der Waals surface area contributed by atoms with Gasteiger partial charge in [0.15, 0.2) is 10.8 Å². The van der Waals surface area contributed by atoms with Crippen LogP contribution in [0.3, 0.4) is 0 Å². The van der Waals surface area contributed by atoms with Crippen LogP contribution < -0.4 is 0 Å². The van der Waals surface area contributed by atoms with E-state index >= 15 is 0 Å². The molecule has 2 aromatic rings. The van der Waals surface area contributed by atoms with Gasteiger partial charge in [-0.2, -0.15) is 4.98 Å². The topological polar surface area (TPSA) is 72.1 Å². The van der Waals surface area contributed by atoms with Crippen molar-refractivity contribution >= 4 is 17.2 Å². The highest BCUT2D eigenvalue weighted by Gasteiger charge is 2.21. The minimum atomic E-state index is -0.0167. The fraction of sp³-hybridized carbons (Fsp3) is 0.625. The number of hydrogen-bond donors (Lipinski definition) is 0. The number of fused-ring (bicyclic) bond motifs is 1. The molecule has 1 aliphatic rings. The van der Waals surface area contributed by atoms with Crippen LogP contribution in [0.25, 0.3) is 0 Å². The molecule has 0 aliphatic heterocycles. The van der Waals surface area contributed by atoms with Crippen molar-refractivity contribution in [2.45, 2.75) is 51.9 Å². The molecule has 0 N–H and O–H groups in total. The lowest BCUT2D eigenvalue weighted by Crippen LogP contribution is -2.29. The molecule has 2 heterocycles. The minimum Gasteiger partial charge on any atom is -0.339 e. The Morgan fingerprint density at radius 1 is 1.30 bits per heavy atom. The van der Waals surface area contributed by atoms with Crippen molar-refractivity contribution in [3.8, 4) is 0 Å². The van der Waals surface area contributed by atoms with E-state index in [1.165, 1.54) is 17.7 Å². The number of amides is 1. The van der Waals surface area contributed by atoms with Crippen molar-refractivity contribution in [3.63, 3.8) is 0 Å². The molecule has 0 radical (unpaired) electrons. The van der Waals surface area contributed by atoms with Crippen LogP contribution >= 0.6 is 11.3 Å². The average Bonchev–Trinajstić information content (AvgIpc) is 3.18. The highest BCUT2D eigenvalue weighted by atomic mass is 32.1. The van der Waals surface area contributed by atoms with Gasteiger partial charge in [0.05, 0.1) is 5.69 Å². The second-order valence-corrected chi connectivity index (χ2v) is 7.36. The van der Waals surface area contributed by atoms with Gasteiger partial charge < -0.3 is 9.42 Å². The van der Waals surface area contributed by atoms with Crippen LogP contribution in [0.15, 0.2) is 4.52 Å². The lowest BCUT2D eigenvalue weighted by molar-refractivity contribution is 0.0795. The van der Waals surface area contributed by atoms with E-state index in [0.717, 1.165) is 18.5 Å². The zero-order valence-electron chi connectivity index (χ0n) is 13.8. The summed E-state index contributed by atoms with van der Waals surface area (Å²) in [5.74, 6) is 1.49. The van der Waals surface area contributed by atoms with Crippen molar-refractivity contribution in [3.05, 3.63) is 27.3 Å². The Labute approximate surface area is 139 Å². The number of aryl methyl sites for hydroxylation is 2. The summed E-state index contributed by atoms with van der Waals surface area (Å²) in [6, 6.07) is 0. The quantitative estimate of drug-likeness (QED) is 0.841. The Kier molecular flexibility index (Phi) is 4.75. The van der Waals surface area contributed by atoms with Crippen LogP contribution in [0.2, 0.25) is 0 Å². The molecule has 6 nitrogen and oxygen atoms in total. The average molecular weight is 334 g/mol. The van der Waals surface area contributed by atoms with E-state index in [1.807, 2.05) is 13.8 Å². The third-order valence-electron chi connectivity index (χ3n) is 4.02. The van der Waals surface area contributed by atoms with Crippen molar-refractivity contribution in [2.75, 3.05) is 13.6 Å². The van der Waals surface area contributed by atoms with Gasteiger partial charge in [-0.25, -0.2) is 4.98 Å². The molecule has 7 heteroatoms. The number of rotatable bonds is 5. The molecule has 23 heavy (non-hydrogen) atoms. The largest absolute Gasteiger partial charge is 0.339 e. The lowest BCUT2D eigenvalue weighted by atomic mass is 10.0. The number of nitrogens with zero attached hydrogens (tertiary/aromatic N) is 4. The van der Waals surface area contributed by atoms with Gasteiger partial charge in [0, 0.05) is 30.8 Å². The van der Waals surface area contributed by atoms with E-state index in [9.17, 15) is 4.79 Å². The van der Waals surface area contributed by atoms with E-state index in [2.05, 4.69) is 15.1 Å². The predicted molar refractivity (Wildman–Crippen MR) is 87.8 cm³/mol. The van der Waals surface area contributed by atoms with Crippen LogP contribution in [-0.2, 0) is 19.3 Å². The first-order chi connectivity index (χ1) is 11.0. The van der Waals surface area contributed by atoms with Gasteiger partial charge in [0.25, 0.3) is 5.91 Å². The van der Waals surface area contributed by atoms with Gasteiger partial charge in [-0.3, -0.25) is 4.79 Å². The molecular formula is C16H22N4O2S. The molecule has 0 bridgehead atoms. The Balaban J connectivity index is 1.59. The van der Waals surface area contributed by atoms with Gasteiger partial charge >= 0.3 is 0 Å². The van der Waals surface area contributed by atoms with Crippen LogP contribution in [-0.4, -0.2) is 39.5 Å². The fourth-order valence-electron chi connectivity index (χ4n) is 2.58. The monoisotopic (exact) mass is 334 g/mol. The van der Waals surface area contributed by atoms with E-state index in [1.54, 1.807) is 23.3 Å². The summed E-state index contributed by atoms with van der Waals surface area (Å²) in [7, 11) is 1.80. The SMILES string of the molecule is CC(C)c1nc(CCN(C)C(=O)c2nc3c(s2)CCCC3)no1. The predicted octanol–water partition coefficient (Wildman–Crippen LogP) is 2.84. The third-order valence-corrected chi connectivity index (χ3v) is 5.17. The zero-order valence-corrected chi connectivity index (χ0v) is 14.7. The molecule has 0 unspecified atom stereocenters. The van der Waals surface area contributed by atoms with Crippen molar-refractivity contribution in [2.24, 2.45) is 0 Å². The maximum absolute atomic E-state index is 12.5. The first kappa shape index (κ1) is 16.1. The lowest BCUT2D eigenvalue weighted by Gasteiger charge is -2.14. The smallest absolute Gasteiger partial charge is 0.282 e. The van der Waals surface area contributed by atoms with Crippen molar-refractivity contribution in [1.82, 2.24) is 20.0 Å². The molecule has 0 fully saturated rings. The summed E-state index contributed by atoms with van der Waals surface area (Å²) < 4.78 is 5.18. The number of carbonyl (C=O) groups excluding carboxylic acids is 1. The summed E-state index contributed by atoms with van der Waals surface area (Å²) in [5, 5.41) is 4.56. The molecule has 2 aromatic heterocycles. The molecule has 1 aliphatic carbocycles. The summed E-state index contributed by atoms with van der Waals surface area (Å²) in [6.07, 6.45) is 5.03. The molecular weight excluding hydrogens is 312 g/mol. The maximum atomic E-state index is 12.5. The normalized spacial score (nSPS) is 14.1. The number of thiazole rings is 1. The fourth-order valence-corrected chi connectivity index (χ4v) is 3.72. The Morgan fingerprint density at radius 2 is 2.09 bits per heavy atom. The number of carbonyl (C=O) groups is 1. The molecule has 124 valence electrons. The number of likely N-dealkylation sites (N-methyl/N-ethyl adjacent to an activating group) is 1. The Bertz CT molecular complexity index is 669. The second kappa shape index (κ2) is 6.78. The molecule has 0 aromatic carbocycles. The van der Waals surface area contributed by atoms with Crippen LogP contribution in [0.4, 0.5) is 0 Å². The van der Waals surface area contributed by atoms with Crippen molar-refractivity contribution in [1.29, 1.82) is 0 Å². The molecule has 0 saturated carbocycles. The van der Waals surface area contributed by atoms with Gasteiger partial charge in [0.2, 0.25) is 5.89 Å². The van der Waals surface area contributed by atoms with Crippen LogP contribution in [0, 0.1) is 0 Å². The Hall–Kier alpha value is -1.76. The van der Waals surface area contributed by atoms with Crippen LogP contribution in [0.5, 0.6) is 0 Å². The highest BCUT2D eigenvalue weighted by Crippen LogP contribution is 2.27. The second-order valence-electron chi connectivity index (χ2n) is 6.28. The van der Waals surface area contributed by atoms with Crippen LogP contribution in [0.1, 0.15) is 64.7 Å². The third kappa shape index (κ3) is 3.60. The van der Waals surface area contributed by atoms with Crippen molar-refractivity contribution < 1.29 is 9.32 Å². The molecule has 3 rings (SSSR count). The van der Waals surface area contributed by atoms with Gasteiger partial charge in [-0.05, 0) is 25.7 Å².